The Morgan fingerprint density at radius 3 is 2.56 bits per heavy atom. The first-order valence-corrected chi connectivity index (χ1v) is 9.12. The second kappa shape index (κ2) is 6.66. The van der Waals surface area contributed by atoms with Crippen molar-refractivity contribution in [3.05, 3.63) is 52.5 Å². The molecule has 27 heavy (non-hydrogen) atoms. The Morgan fingerprint density at radius 2 is 1.81 bits per heavy atom. The highest BCUT2D eigenvalue weighted by molar-refractivity contribution is 5.79. The number of aromatic amines is 1. The van der Waals surface area contributed by atoms with E-state index in [1.54, 1.807) is 0 Å². The molecule has 0 saturated carbocycles. The molecule has 0 atom stereocenters. The molecule has 7 nitrogen and oxygen atoms in total. The second-order valence-electron chi connectivity index (χ2n) is 7.01. The summed E-state index contributed by atoms with van der Waals surface area (Å²) in [5.74, 6) is 0.794. The number of hydrogen-bond acceptors (Lipinski definition) is 4. The Morgan fingerprint density at radius 1 is 1.04 bits per heavy atom. The lowest BCUT2D eigenvalue weighted by Gasteiger charge is -2.04. The molecule has 0 aliphatic rings. The van der Waals surface area contributed by atoms with Gasteiger partial charge >= 0.3 is 0 Å². The second-order valence-corrected chi connectivity index (χ2v) is 7.01. The maximum absolute atomic E-state index is 9.23. The zero-order chi connectivity index (χ0) is 19.1. The predicted octanol–water partition coefficient (Wildman–Crippen LogP) is 2.90. The van der Waals surface area contributed by atoms with Gasteiger partial charge in [-0.25, -0.2) is 9.67 Å². The number of hydrogen-bond donors (Lipinski definition) is 2. The number of H-pyrrole nitrogens is 1. The first-order chi connectivity index (χ1) is 13.0. The topological polar surface area (TPSA) is 84.5 Å². The van der Waals surface area contributed by atoms with E-state index in [0.717, 1.165) is 39.6 Å². The Bertz CT molecular complexity index is 1120. The van der Waals surface area contributed by atoms with Crippen LogP contribution in [0.5, 0.6) is 0 Å². The van der Waals surface area contributed by atoms with Gasteiger partial charge in [-0.15, -0.1) is 0 Å². The molecular formula is C20H24N6O. The van der Waals surface area contributed by atoms with Crippen LogP contribution in [-0.2, 0) is 13.1 Å². The summed E-state index contributed by atoms with van der Waals surface area (Å²) in [6.07, 6.45) is 0. The van der Waals surface area contributed by atoms with Crippen molar-refractivity contribution in [1.82, 2.24) is 29.5 Å². The Kier molecular flexibility index (Phi) is 4.31. The van der Waals surface area contributed by atoms with Crippen molar-refractivity contribution >= 4 is 11.2 Å². The van der Waals surface area contributed by atoms with Gasteiger partial charge in [-0.3, -0.25) is 4.68 Å². The molecule has 0 bridgehead atoms. The molecule has 3 aromatic heterocycles. The first kappa shape index (κ1) is 17.5. The van der Waals surface area contributed by atoms with Gasteiger partial charge in [-0.1, -0.05) is 29.8 Å². The molecular weight excluding hydrogens is 340 g/mol. The van der Waals surface area contributed by atoms with E-state index in [1.807, 2.05) is 30.1 Å². The van der Waals surface area contributed by atoms with Crippen LogP contribution in [0.2, 0.25) is 0 Å². The highest BCUT2D eigenvalue weighted by Crippen LogP contribution is 2.28. The van der Waals surface area contributed by atoms with E-state index < -0.39 is 0 Å². The van der Waals surface area contributed by atoms with Crippen molar-refractivity contribution in [3.8, 4) is 11.4 Å². The van der Waals surface area contributed by atoms with Gasteiger partial charge < -0.3 is 10.1 Å². The minimum absolute atomic E-state index is 0.0616. The smallest absolute Gasteiger partial charge is 0.177 e. The van der Waals surface area contributed by atoms with E-state index >= 15 is 0 Å². The molecule has 2 N–H and O–H groups in total. The number of fused-ring (bicyclic) bond motifs is 1. The van der Waals surface area contributed by atoms with Gasteiger partial charge in [0.05, 0.1) is 36.6 Å². The van der Waals surface area contributed by atoms with Crippen LogP contribution >= 0.6 is 0 Å². The highest BCUT2D eigenvalue weighted by Gasteiger charge is 2.20. The molecule has 0 amide bonds. The van der Waals surface area contributed by atoms with E-state index in [9.17, 15) is 5.11 Å². The van der Waals surface area contributed by atoms with Crippen LogP contribution in [0.4, 0.5) is 0 Å². The summed E-state index contributed by atoms with van der Waals surface area (Å²) in [4.78, 5) is 8.27. The number of nitrogens with one attached hydrogen (secondary N) is 1. The molecule has 0 aliphatic carbocycles. The lowest BCUT2D eigenvalue weighted by Crippen LogP contribution is -2.05. The van der Waals surface area contributed by atoms with Gasteiger partial charge in [-0.05, 0) is 33.3 Å². The standard InChI is InChI=1S/C20H24N6O/c1-12-6-5-7-16(10-12)11-26-20-18(14(3)24-26)21-19(22-20)17-13(2)23-25(8-9-27)15(17)4/h5-7,10,27H,8-9,11H2,1-4H3,(H,21,22). The van der Waals surface area contributed by atoms with E-state index in [0.29, 0.717) is 13.1 Å². The van der Waals surface area contributed by atoms with Crippen LogP contribution in [0.15, 0.2) is 24.3 Å². The Labute approximate surface area is 157 Å². The Balaban J connectivity index is 1.77. The Hall–Kier alpha value is -2.93. The third-order valence-electron chi connectivity index (χ3n) is 4.91. The highest BCUT2D eigenvalue weighted by atomic mass is 16.3. The van der Waals surface area contributed by atoms with Gasteiger partial charge in [0.2, 0.25) is 0 Å². The van der Waals surface area contributed by atoms with Crippen LogP contribution in [-0.4, -0.2) is 41.2 Å². The van der Waals surface area contributed by atoms with E-state index in [-0.39, 0.29) is 6.61 Å². The largest absolute Gasteiger partial charge is 0.394 e. The van der Waals surface area contributed by atoms with Crippen LogP contribution < -0.4 is 0 Å². The first-order valence-electron chi connectivity index (χ1n) is 9.12. The molecule has 7 heteroatoms. The zero-order valence-corrected chi connectivity index (χ0v) is 16.1. The monoisotopic (exact) mass is 364 g/mol. The minimum Gasteiger partial charge on any atom is -0.394 e. The summed E-state index contributed by atoms with van der Waals surface area (Å²) in [6.45, 7) is 9.28. The molecule has 0 radical (unpaired) electrons. The van der Waals surface area contributed by atoms with Crippen molar-refractivity contribution in [2.24, 2.45) is 0 Å². The molecule has 1 aromatic carbocycles. The number of aromatic nitrogens is 6. The van der Waals surface area contributed by atoms with Gasteiger partial charge in [0, 0.05) is 5.69 Å². The molecule has 0 unspecified atom stereocenters. The molecule has 140 valence electrons. The van der Waals surface area contributed by atoms with Gasteiger partial charge in [0.15, 0.2) is 5.65 Å². The molecule has 0 aliphatic heterocycles. The summed E-state index contributed by atoms with van der Waals surface area (Å²) in [6, 6.07) is 8.44. The number of aryl methyl sites for hydroxylation is 3. The van der Waals surface area contributed by atoms with Crippen LogP contribution in [0, 0.1) is 27.7 Å². The summed E-state index contributed by atoms with van der Waals surface area (Å²) in [7, 11) is 0. The van der Waals surface area contributed by atoms with Crippen molar-refractivity contribution in [3.63, 3.8) is 0 Å². The van der Waals surface area contributed by atoms with Crippen molar-refractivity contribution in [2.75, 3.05) is 6.61 Å². The van der Waals surface area contributed by atoms with Gasteiger partial charge in [0.1, 0.15) is 11.3 Å². The number of imidazole rings is 1. The van der Waals surface area contributed by atoms with Crippen LogP contribution in [0.25, 0.3) is 22.6 Å². The normalized spacial score (nSPS) is 11.6. The summed E-state index contributed by atoms with van der Waals surface area (Å²) in [5.41, 5.74) is 8.03. The molecule has 3 heterocycles. The molecule has 0 fully saturated rings. The van der Waals surface area contributed by atoms with Crippen molar-refractivity contribution in [2.45, 2.75) is 40.8 Å². The maximum Gasteiger partial charge on any atom is 0.177 e. The third-order valence-corrected chi connectivity index (χ3v) is 4.91. The number of benzene rings is 1. The maximum atomic E-state index is 9.23. The van der Waals surface area contributed by atoms with Crippen LogP contribution in [0.1, 0.15) is 28.2 Å². The average molecular weight is 364 g/mol. The quantitative estimate of drug-likeness (QED) is 0.570. The van der Waals surface area contributed by atoms with E-state index in [1.165, 1.54) is 11.1 Å². The summed E-state index contributed by atoms with van der Waals surface area (Å²) in [5, 5.41) is 18.4. The minimum atomic E-state index is 0.0616. The van der Waals surface area contributed by atoms with Crippen molar-refractivity contribution < 1.29 is 5.11 Å². The summed E-state index contributed by atoms with van der Waals surface area (Å²) >= 11 is 0. The molecule has 4 rings (SSSR count). The molecule has 0 spiro atoms. The van der Waals surface area contributed by atoms with Gasteiger partial charge in [0.25, 0.3) is 0 Å². The SMILES string of the molecule is Cc1cccc(Cn2nc(C)c3[nH]c(-c4c(C)nn(CCO)c4C)nc32)c1. The molecule has 0 saturated heterocycles. The third kappa shape index (κ3) is 3.04. The lowest BCUT2D eigenvalue weighted by molar-refractivity contribution is 0.268. The lowest BCUT2D eigenvalue weighted by atomic mass is 10.1. The predicted molar refractivity (Wildman–Crippen MR) is 105 cm³/mol. The number of aliphatic hydroxyl groups excluding tert-OH is 1. The fraction of sp³-hybridized carbons (Fsp3) is 0.350. The van der Waals surface area contributed by atoms with E-state index in [2.05, 4.69) is 46.4 Å². The van der Waals surface area contributed by atoms with Gasteiger partial charge in [-0.2, -0.15) is 10.2 Å². The fourth-order valence-electron chi connectivity index (χ4n) is 3.65. The fourth-order valence-corrected chi connectivity index (χ4v) is 3.65. The number of rotatable bonds is 5. The number of nitrogens with zero attached hydrogens (tertiary/aromatic N) is 5. The van der Waals surface area contributed by atoms with E-state index in [4.69, 9.17) is 4.98 Å². The molecule has 4 aromatic rings. The average Bonchev–Trinajstić information content (AvgIpc) is 3.24. The zero-order valence-electron chi connectivity index (χ0n) is 16.1. The summed E-state index contributed by atoms with van der Waals surface area (Å²) < 4.78 is 3.77. The van der Waals surface area contributed by atoms with Crippen LogP contribution in [0.3, 0.4) is 0 Å². The van der Waals surface area contributed by atoms with Crippen molar-refractivity contribution in [1.29, 1.82) is 0 Å². The number of aliphatic hydroxyl groups is 1.